The van der Waals surface area contributed by atoms with Gasteiger partial charge in [-0.3, -0.25) is 4.79 Å². The minimum absolute atomic E-state index is 0. The maximum absolute atomic E-state index is 12.2. The fourth-order valence-corrected chi connectivity index (χ4v) is 2.97. The standard InChI is InChI=1S/C12H22N2O.ClH/c1-9-5-10(2)8-14(7-9)12(15)11-3-4-13-6-11;/h9-11,13H,3-8H2,1-2H3;1H/t9?,10?,11-;/m1./s1. The maximum Gasteiger partial charge on any atom is 0.227 e. The number of carbonyl (C=O) groups is 1. The van der Waals surface area contributed by atoms with Gasteiger partial charge in [-0.2, -0.15) is 0 Å². The van der Waals surface area contributed by atoms with Gasteiger partial charge in [0, 0.05) is 19.6 Å². The molecule has 3 nitrogen and oxygen atoms in total. The van der Waals surface area contributed by atoms with Gasteiger partial charge >= 0.3 is 0 Å². The lowest BCUT2D eigenvalue weighted by Crippen LogP contribution is -2.45. The Morgan fingerprint density at radius 1 is 1.25 bits per heavy atom. The van der Waals surface area contributed by atoms with E-state index in [0.29, 0.717) is 17.7 Å². The Balaban J connectivity index is 0.00000128. The fraction of sp³-hybridized carbons (Fsp3) is 0.917. The third-order valence-corrected chi connectivity index (χ3v) is 3.59. The van der Waals surface area contributed by atoms with Gasteiger partial charge in [0.1, 0.15) is 0 Å². The van der Waals surface area contributed by atoms with E-state index in [1.165, 1.54) is 6.42 Å². The molecule has 0 aromatic heterocycles. The molecule has 0 spiro atoms. The second kappa shape index (κ2) is 5.87. The number of hydrogen-bond donors (Lipinski definition) is 1. The van der Waals surface area contributed by atoms with Crippen molar-refractivity contribution in [2.75, 3.05) is 26.2 Å². The molecule has 3 atom stereocenters. The molecule has 2 aliphatic heterocycles. The lowest BCUT2D eigenvalue weighted by Gasteiger charge is -2.36. The number of likely N-dealkylation sites (tertiary alicyclic amines) is 1. The van der Waals surface area contributed by atoms with Crippen LogP contribution in [0.1, 0.15) is 26.7 Å². The van der Waals surface area contributed by atoms with Gasteiger partial charge in [-0.1, -0.05) is 13.8 Å². The van der Waals surface area contributed by atoms with Gasteiger partial charge in [0.2, 0.25) is 5.91 Å². The first kappa shape index (κ1) is 13.8. The first-order chi connectivity index (χ1) is 7.16. The Kier molecular flexibility index (Phi) is 5.06. The monoisotopic (exact) mass is 246 g/mol. The van der Waals surface area contributed by atoms with Crippen molar-refractivity contribution in [1.82, 2.24) is 10.2 Å². The van der Waals surface area contributed by atoms with Crippen LogP contribution in [0.4, 0.5) is 0 Å². The summed E-state index contributed by atoms with van der Waals surface area (Å²) >= 11 is 0. The van der Waals surface area contributed by atoms with Crippen LogP contribution in [0.25, 0.3) is 0 Å². The Morgan fingerprint density at radius 3 is 2.38 bits per heavy atom. The average Bonchev–Trinajstić information content (AvgIpc) is 2.67. The smallest absolute Gasteiger partial charge is 0.227 e. The second-order valence-electron chi connectivity index (χ2n) is 5.38. The highest BCUT2D eigenvalue weighted by Crippen LogP contribution is 2.23. The molecular weight excluding hydrogens is 224 g/mol. The summed E-state index contributed by atoms with van der Waals surface area (Å²) in [7, 11) is 0. The molecule has 4 heteroatoms. The number of nitrogens with zero attached hydrogens (tertiary/aromatic N) is 1. The number of hydrogen-bond acceptors (Lipinski definition) is 2. The topological polar surface area (TPSA) is 32.3 Å². The van der Waals surface area contributed by atoms with Crippen molar-refractivity contribution in [2.24, 2.45) is 17.8 Å². The van der Waals surface area contributed by atoms with Gasteiger partial charge in [-0.25, -0.2) is 0 Å². The number of rotatable bonds is 1. The van der Waals surface area contributed by atoms with E-state index in [9.17, 15) is 4.79 Å². The van der Waals surface area contributed by atoms with Gasteiger partial charge in [0.25, 0.3) is 0 Å². The molecule has 0 radical (unpaired) electrons. The normalized spacial score (nSPS) is 34.6. The molecule has 1 N–H and O–H groups in total. The molecule has 0 saturated carbocycles. The van der Waals surface area contributed by atoms with E-state index in [2.05, 4.69) is 24.1 Å². The Hall–Kier alpha value is -0.280. The molecule has 16 heavy (non-hydrogen) atoms. The summed E-state index contributed by atoms with van der Waals surface area (Å²) in [5.41, 5.74) is 0. The first-order valence-electron chi connectivity index (χ1n) is 6.16. The van der Waals surface area contributed by atoms with Crippen molar-refractivity contribution in [3.8, 4) is 0 Å². The van der Waals surface area contributed by atoms with Crippen LogP contribution in [0.2, 0.25) is 0 Å². The van der Waals surface area contributed by atoms with Gasteiger partial charge < -0.3 is 10.2 Å². The van der Waals surface area contributed by atoms with E-state index < -0.39 is 0 Å². The van der Waals surface area contributed by atoms with Crippen LogP contribution < -0.4 is 5.32 Å². The quantitative estimate of drug-likeness (QED) is 0.761. The highest BCUT2D eigenvalue weighted by molar-refractivity contribution is 5.85. The molecule has 2 unspecified atom stereocenters. The molecule has 2 saturated heterocycles. The zero-order valence-electron chi connectivity index (χ0n) is 10.2. The van der Waals surface area contributed by atoms with Crippen molar-refractivity contribution in [2.45, 2.75) is 26.7 Å². The minimum Gasteiger partial charge on any atom is -0.342 e. The molecule has 2 rings (SSSR count). The molecule has 94 valence electrons. The van der Waals surface area contributed by atoms with E-state index >= 15 is 0 Å². The molecule has 2 heterocycles. The number of halogens is 1. The van der Waals surface area contributed by atoms with Crippen LogP contribution in [0, 0.1) is 17.8 Å². The summed E-state index contributed by atoms with van der Waals surface area (Å²) in [4.78, 5) is 14.3. The van der Waals surface area contributed by atoms with Gasteiger partial charge in [0.15, 0.2) is 0 Å². The predicted octanol–water partition coefficient (Wildman–Crippen LogP) is 1.52. The molecular formula is C12H23ClN2O. The molecule has 2 aliphatic rings. The van der Waals surface area contributed by atoms with Gasteiger partial charge in [0.05, 0.1) is 5.92 Å². The number of nitrogens with one attached hydrogen (secondary N) is 1. The van der Waals surface area contributed by atoms with E-state index in [4.69, 9.17) is 0 Å². The zero-order chi connectivity index (χ0) is 10.8. The average molecular weight is 247 g/mol. The van der Waals surface area contributed by atoms with E-state index in [1.54, 1.807) is 0 Å². The summed E-state index contributed by atoms with van der Waals surface area (Å²) < 4.78 is 0. The van der Waals surface area contributed by atoms with E-state index in [0.717, 1.165) is 32.6 Å². The van der Waals surface area contributed by atoms with Crippen molar-refractivity contribution in [3.63, 3.8) is 0 Å². The third kappa shape index (κ3) is 3.11. The van der Waals surface area contributed by atoms with Crippen molar-refractivity contribution in [1.29, 1.82) is 0 Å². The second-order valence-corrected chi connectivity index (χ2v) is 5.38. The zero-order valence-corrected chi connectivity index (χ0v) is 11.1. The molecule has 0 bridgehead atoms. The lowest BCUT2D eigenvalue weighted by molar-refractivity contribution is -0.137. The van der Waals surface area contributed by atoms with Crippen molar-refractivity contribution in [3.05, 3.63) is 0 Å². The Morgan fingerprint density at radius 2 is 1.88 bits per heavy atom. The summed E-state index contributed by atoms with van der Waals surface area (Å²) in [6.07, 6.45) is 2.30. The molecule has 0 aliphatic carbocycles. The SMILES string of the molecule is CC1CC(C)CN(C(=O)[C@@H]2CCNC2)C1.Cl. The lowest BCUT2D eigenvalue weighted by atomic mass is 9.91. The summed E-state index contributed by atoms with van der Waals surface area (Å²) in [5, 5.41) is 3.27. The Labute approximate surface area is 104 Å². The molecule has 0 aromatic carbocycles. The van der Waals surface area contributed by atoms with Crippen LogP contribution in [-0.2, 0) is 4.79 Å². The summed E-state index contributed by atoms with van der Waals surface area (Å²) in [5.74, 6) is 1.99. The highest BCUT2D eigenvalue weighted by atomic mass is 35.5. The molecule has 1 amide bonds. The van der Waals surface area contributed by atoms with E-state index in [1.807, 2.05) is 0 Å². The van der Waals surface area contributed by atoms with Crippen LogP contribution >= 0.6 is 12.4 Å². The Bertz CT molecular complexity index is 231. The van der Waals surface area contributed by atoms with Gasteiger partial charge in [-0.05, 0) is 31.2 Å². The first-order valence-corrected chi connectivity index (χ1v) is 6.16. The largest absolute Gasteiger partial charge is 0.342 e. The molecule has 0 aromatic rings. The van der Waals surface area contributed by atoms with Crippen LogP contribution in [0.15, 0.2) is 0 Å². The fourth-order valence-electron chi connectivity index (χ4n) is 2.97. The predicted molar refractivity (Wildman–Crippen MR) is 67.7 cm³/mol. The highest BCUT2D eigenvalue weighted by Gasteiger charge is 2.31. The summed E-state index contributed by atoms with van der Waals surface area (Å²) in [6, 6.07) is 0. The van der Waals surface area contributed by atoms with Crippen LogP contribution in [0.5, 0.6) is 0 Å². The third-order valence-electron chi connectivity index (χ3n) is 3.59. The molecule has 2 fully saturated rings. The van der Waals surface area contributed by atoms with Gasteiger partial charge in [-0.15, -0.1) is 12.4 Å². The summed E-state index contributed by atoms with van der Waals surface area (Å²) in [6.45, 7) is 8.35. The number of amides is 1. The number of carbonyl (C=O) groups excluding carboxylic acids is 1. The van der Waals surface area contributed by atoms with Crippen molar-refractivity contribution < 1.29 is 4.79 Å². The number of piperidine rings is 1. The van der Waals surface area contributed by atoms with Crippen molar-refractivity contribution >= 4 is 18.3 Å². The van der Waals surface area contributed by atoms with Crippen LogP contribution in [-0.4, -0.2) is 37.0 Å². The van der Waals surface area contributed by atoms with E-state index in [-0.39, 0.29) is 18.3 Å². The maximum atomic E-state index is 12.2. The van der Waals surface area contributed by atoms with Crippen LogP contribution in [0.3, 0.4) is 0 Å². The minimum atomic E-state index is 0.